The van der Waals surface area contributed by atoms with Crippen LogP contribution in [-0.2, 0) is 4.74 Å². The summed E-state index contributed by atoms with van der Waals surface area (Å²) in [4.78, 5) is 0. The van der Waals surface area contributed by atoms with Crippen molar-refractivity contribution in [1.29, 1.82) is 0 Å². The van der Waals surface area contributed by atoms with Crippen molar-refractivity contribution in [2.24, 2.45) is 5.92 Å². The molecule has 0 heterocycles. The fourth-order valence-electron chi connectivity index (χ4n) is 1.31. The Balaban J connectivity index is 3.69. The minimum Gasteiger partial charge on any atom is -0.372 e. The highest BCUT2D eigenvalue weighted by Crippen LogP contribution is 2.15. The second-order valence-corrected chi connectivity index (χ2v) is 4.14. The van der Waals surface area contributed by atoms with Gasteiger partial charge < -0.3 is 10.1 Å². The van der Waals surface area contributed by atoms with Gasteiger partial charge in [-0.15, -0.1) is 0 Å². The van der Waals surface area contributed by atoms with Crippen LogP contribution in [0, 0.1) is 5.92 Å². The van der Waals surface area contributed by atoms with Gasteiger partial charge in [0.25, 0.3) is 5.92 Å². The summed E-state index contributed by atoms with van der Waals surface area (Å²) in [5.41, 5.74) is 0. The number of hydrogen-bond acceptors (Lipinski definition) is 2. The highest BCUT2D eigenvalue weighted by Gasteiger charge is 2.28. The lowest BCUT2D eigenvalue weighted by molar-refractivity contribution is -0.0956. The molecule has 0 aliphatic rings. The predicted octanol–water partition coefficient (Wildman–Crippen LogP) is 2.29. The van der Waals surface area contributed by atoms with E-state index in [2.05, 4.69) is 5.32 Å². The van der Waals surface area contributed by atoms with Crippen LogP contribution in [-0.4, -0.2) is 32.2 Å². The van der Waals surface area contributed by atoms with Crippen LogP contribution < -0.4 is 5.32 Å². The Morgan fingerprint density at radius 1 is 1.29 bits per heavy atom. The van der Waals surface area contributed by atoms with Crippen LogP contribution in [0.25, 0.3) is 0 Å². The van der Waals surface area contributed by atoms with Gasteiger partial charge in [0, 0.05) is 0 Å². The van der Waals surface area contributed by atoms with E-state index >= 15 is 0 Å². The summed E-state index contributed by atoms with van der Waals surface area (Å²) >= 11 is 0. The predicted molar refractivity (Wildman–Crippen MR) is 53.7 cm³/mol. The third kappa shape index (κ3) is 7.21. The molecule has 1 atom stereocenters. The van der Waals surface area contributed by atoms with Crippen LogP contribution >= 0.6 is 0 Å². The lowest BCUT2D eigenvalue weighted by Gasteiger charge is -2.20. The normalized spacial score (nSPS) is 14.8. The van der Waals surface area contributed by atoms with Crippen LogP contribution in [0.2, 0.25) is 0 Å². The van der Waals surface area contributed by atoms with Gasteiger partial charge in [-0.1, -0.05) is 13.8 Å². The minimum atomic E-state index is -2.76. The monoisotopic (exact) mass is 209 g/mol. The van der Waals surface area contributed by atoms with Gasteiger partial charge >= 0.3 is 0 Å². The summed E-state index contributed by atoms with van der Waals surface area (Å²) in [7, 11) is 1.51. The Hall–Kier alpha value is -0.220. The Morgan fingerprint density at radius 3 is 2.29 bits per heavy atom. The van der Waals surface area contributed by atoms with Gasteiger partial charge in [0.05, 0.1) is 12.6 Å². The van der Waals surface area contributed by atoms with E-state index in [0.29, 0.717) is 5.92 Å². The number of ether oxygens (including phenoxy) is 1. The second-order valence-electron chi connectivity index (χ2n) is 4.14. The van der Waals surface area contributed by atoms with Gasteiger partial charge in [0.1, 0.15) is 6.61 Å². The van der Waals surface area contributed by atoms with Crippen LogP contribution in [0.3, 0.4) is 0 Å². The highest BCUT2D eigenvalue weighted by molar-refractivity contribution is 4.68. The number of alkyl halides is 2. The molecule has 14 heavy (non-hydrogen) atoms. The maximum Gasteiger partial charge on any atom is 0.283 e. The van der Waals surface area contributed by atoms with Crippen molar-refractivity contribution in [3.8, 4) is 0 Å². The highest BCUT2D eigenvalue weighted by atomic mass is 19.3. The first kappa shape index (κ1) is 13.8. The summed E-state index contributed by atoms with van der Waals surface area (Å²) in [6, 6.07) is 0. The molecule has 0 spiro atoms. The molecular formula is C10H21F2NO. The standard InChI is InChI=1S/C10H21F2NO/c1-8(2)5-9(3)14-7-10(11,12)6-13-4/h8-9,13H,5-7H2,1-4H3. The molecule has 86 valence electrons. The van der Waals surface area contributed by atoms with E-state index in [1.54, 1.807) is 0 Å². The summed E-state index contributed by atoms with van der Waals surface area (Å²) < 4.78 is 30.9. The van der Waals surface area contributed by atoms with Crippen molar-refractivity contribution in [2.75, 3.05) is 20.2 Å². The van der Waals surface area contributed by atoms with E-state index in [-0.39, 0.29) is 12.6 Å². The largest absolute Gasteiger partial charge is 0.372 e. The molecule has 0 saturated heterocycles. The minimum absolute atomic E-state index is 0.0993. The van der Waals surface area contributed by atoms with Crippen molar-refractivity contribution >= 4 is 0 Å². The van der Waals surface area contributed by atoms with Crippen molar-refractivity contribution in [3.05, 3.63) is 0 Å². The molecule has 0 saturated carbocycles. The molecule has 1 unspecified atom stereocenters. The van der Waals surface area contributed by atoms with E-state index in [1.807, 2.05) is 20.8 Å². The van der Waals surface area contributed by atoms with Crippen molar-refractivity contribution < 1.29 is 13.5 Å². The molecule has 0 bridgehead atoms. The number of halogens is 2. The molecule has 1 N–H and O–H groups in total. The second kappa shape index (κ2) is 6.30. The van der Waals surface area contributed by atoms with E-state index in [1.165, 1.54) is 7.05 Å². The third-order valence-corrected chi connectivity index (χ3v) is 1.82. The summed E-state index contributed by atoms with van der Waals surface area (Å²) in [5, 5.41) is 2.44. The van der Waals surface area contributed by atoms with Crippen LogP contribution in [0.15, 0.2) is 0 Å². The Kier molecular flexibility index (Phi) is 6.20. The van der Waals surface area contributed by atoms with E-state index < -0.39 is 12.5 Å². The molecule has 0 rings (SSSR count). The lowest BCUT2D eigenvalue weighted by atomic mass is 10.1. The van der Waals surface area contributed by atoms with Gasteiger partial charge in [-0.3, -0.25) is 0 Å². The van der Waals surface area contributed by atoms with Crippen molar-refractivity contribution in [2.45, 2.75) is 39.2 Å². The van der Waals surface area contributed by atoms with Crippen molar-refractivity contribution in [3.63, 3.8) is 0 Å². The lowest BCUT2D eigenvalue weighted by Crippen LogP contribution is -2.36. The molecule has 0 aromatic heterocycles. The van der Waals surface area contributed by atoms with E-state index in [9.17, 15) is 8.78 Å². The topological polar surface area (TPSA) is 21.3 Å². The number of rotatable bonds is 7. The van der Waals surface area contributed by atoms with Gasteiger partial charge in [-0.25, -0.2) is 8.78 Å². The zero-order valence-corrected chi connectivity index (χ0v) is 9.44. The first-order chi connectivity index (χ1) is 6.37. The maximum atomic E-state index is 12.9. The smallest absolute Gasteiger partial charge is 0.283 e. The molecule has 0 aromatic rings. The van der Waals surface area contributed by atoms with Crippen LogP contribution in [0.1, 0.15) is 27.2 Å². The summed E-state index contributed by atoms with van der Waals surface area (Å²) in [5.74, 6) is -2.29. The van der Waals surface area contributed by atoms with E-state index in [4.69, 9.17) is 4.74 Å². The maximum absolute atomic E-state index is 12.9. The molecule has 0 fully saturated rings. The molecule has 0 aliphatic carbocycles. The zero-order chi connectivity index (χ0) is 11.2. The molecule has 0 aromatic carbocycles. The quantitative estimate of drug-likeness (QED) is 0.694. The Morgan fingerprint density at radius 2 is 1.86 bits per heavy atom. The first-order valence-corrected chi connectivity index (χ1v) is 5.01. The van der Waals surface area contributed by atoms with Crippen molar-refractivity contribution in [1.82, 2.24) is 5.32 Å². The first-order valence-electron chi connectivity index (χ1n) is 5.01. The van der Waals surface area contributed by atoms with Gasteiger partial charge in [-0.05, 0) is 26.3 Å². The molecule has 0 aliphatic heterocycles. The molecule has 2 nitrogen and oxygen atoms in total. The Labute approximate surface area is 85.0 Å². The number of nitrogens with one attached hydrogen (secondary N) is 1. The number of hydrogen-bond donors (Lipinski definition) is 1. The van der Waals surface area contributed by atoms with Gasteiger partial charge in [0.2, 0.25) is 0 Å². The van der Waals surface area contributed by atoms with E-state index in [0.717, 1.165) is 6.42 Å². The zero-order valence-electron chi connectivity index (χ0n) is 9.44. The average Bonchev–Trinajstić information content (AvgIpc) is 2.00. The van der Waals surface area contributed by atoms with Crippen LogP contribution in [0.5, 0.6) is 0 Å². The van der Waals surface area contributed by atoms with Crippen LogP contribution in [0.4, 0.5) is 8.78 Å². The average molecular weight is 209 g/mol. The fourth-order valence-corrected chi connectivity index (χ4v) is 1.31. The summed E-state index contributed by atoms with van der Waals surface area (Å²) in [6.07, 6.45) is 0.716. The SMILES string of the molecule is CNCC(F)(F)COC(C)CC(C)C. The van der Waals surface area contributed by atoms with Gasteiger partial charge in [-0.2, -0.15) is 0 Å². The summed E-state index contributed by atoms with van der Waals surface area (Å²) in [6.45, 7) is 5.09. The Bertz CT molecular complexity index is 151. The molecular weight excluding hydrogens is 188 g/mol. The molecule has 0 amide bonds. The molecule has 0 radical (unpaired) electrons. The third-order valence-electron chi connectivity index (χ3n) is 1.82. The molecule has 4 heteroatoms. The van der Waals surface area contributed by atoms with Gasteiger partial charge in [0.15, 0.2) is 0 Å². The fraction of sp³-hybridized carbons (Fsp3) is 1.00.